The minimum Gasteiger partial charge on any atom is -0.325 e. The fraction of sp³-hybridized carbons (Fsp3) is 0.167. The van der Waals surface area contributed by atoms with Gasteiger partial charge in [-0.2, -0.15) is 13.2 Å². The molecule has 4 rings (SSSR count). The maximum atomic E-state index is 13.2. The third-order valence-electron chi connectivity index (χ3n) is 4.20. The van der Waals surface area contributed by atoms with Gasteiger partial charge in [-0.25, -0.2) is 13.4 Å². The zero-order valence-electron chi connectivity index (χ0n) is 14.3. The third kappa shape index (κ3) is 3.61. The first-order valence-electron chi connectivity index (χ1n) is 8.23. The molecule has 0 aliphatic carbocycles. The highest BCUT2D eigenvalue weighted by atomic mass is 32.2. The number of benzene rings is 2. The number of halogens is 3. The fourth-order valence-electron chi connectivity index (χ4n) is 2.94. The van der Waals surface area contributed by atoms with Gasteiger partial charge < -0.3 is 4.57 Å². The Morgan fingerprint density at radius 1 is 1.11 bits per heavy atom. The van der Waals surface area contributed by atoms with E-state index in [2.05, 4.69) is 9.71 Å². The summed E-state index contributed by atoms with van der Waals surface area (Å²) < 4.78 is 69.0. The Morgan fingerprint density at radius 2 is 1.89 bits per heavy atom. The van der Waals surface area contributed by atoms with E-state index >= 15 is 0 Å². The van der Waals surface area contributed by atoms with Crippen LogP contribution < -0.4 is 4.72 Å². The van der Waals surface area contributed by atoms with Crippen molar-refractivity contribution < 1.29 is 21.6 Å². The van der Waals surface area contributed by atoms with E-state index in [-0.39, 0.29) is 5.69 Å². The SMILES string of the molecule is O=S(=O)(Nc1cccc(-c2cn3c(n2)SCC3)c1)c1ccccc1C(F)(F)F. The third-order valence-corrected chi connectivity index (χ3v) is 6.61. The number of hydrogen-bond donors (Lipinski definition) is 1. The number of nitrogens with zero attached hydrogens (tertiary/aromatic N) is 2. The number of hydrogen-bond acceptors (Lipinski definition) is 4. The number of sulfonamides is 1. The summed E-state index contributed by atoms with van der Waals surface area (Å²) in [7, 11) is -4.42. The first-order chi connectivity index (χ1) is 13.2. The van der Waals surface area contributed by atoms with Gasteiger partial charge in [0.25, 0.3) is 10.0 Å². The molecular formula is C18H14F3N3O2S2. The molecule has 1 aliphatic heterocycles. The van der Waals surface area contributed by atoms with Gasteiger partial charge in [-0.15, -0.1) is 0 Å². The first kappa shape index (κ1) is 18.9. The second-order valence-corrected chi connectivity index (χ2v) is 8.84. The molecule has 1 aliphatic rings. The molecule has 0 unspecified atom stereocenters. The average molecular weight is 425 g/mol. The topological polar surface area (TPSA) is 64.0 Å². The van der Waals surface area contributed by atoms with Gasteiger partial charge in [0.1, 0.15) is 0 Å². The highest BCUT2D eigenvalue weighted by molar-refractivity contribution is 7.99. The van der Waals surface area contributed by atoms with E-state index in [0.717, 1.165) is 35.7 Å². The van der Waals surface area contributed by atoms with Crippen molar-refractivity contribution in [2.75, 3.05) is 10.5 Å². The number of aromatic nitrogens is 2. The van der Waals surface area contributed by atoms with E-state index in [0.29, 0.717) is 11.3 Å². The maximum Gasteiger partial charge on any atom is 0.417 e. The van der Waals surface area contributed by atoms with E-state index in [4.69, 9.17) is 0 Å². The lowest BCUT2D eigenvalue weighted by molar-refractivity contribution is -0.139. The van der Waals surface area contributed by atoms with Gasteiger partial charge in [0.2, 0.25) is 0 Å². The Kier molecular flexibility index (Phi) is 4.62. The quantitative estimate of drug-likeness (QED) is 0.670. The summed E-state index contributed by atoms with van der Waals surface area (Å²) in [4.78, 5) is 3.69. The number of alkyl halides is 3. The van der Waals surface area contributed by atoms with Crippen LogP contribution in [0.2, 0.25) is 0 Å². The number of nitrogens with one attached hydrogen (secondary N) is 1. The van der Waals surface area contributed by atoms with Gasteiger partial charge in [0.05, 0.1) is 16.2 Å². The predicted octanol–water partition coefficient (Wildman–Crippen LogP) is 4.48. The monoisotopic (exact) mass is 425 g/mol. The van der Waals surface area contributed by atoms with E-state index in [9.17, 15) is 21.6 Å². The van der Waals surface area contributed by atoms with Gasteiger partial charge in [-0.3, -0.25) is 4.72 Å². The van der Waals surface area contributed by atoms with Crippen LogP contribution in [0.1, 0.15) is 5.56 Å². The van der Waals surface area contributed by atoms with Crippen LogP contribution >= 0.6 is 11.8 Å². The predicted molar refractivity (Wildman–Crippen MR) is 101 cm³/mol. The first-order valence-corrected chi connectivity index (χ1v) is 10.7. The molecule has 2 aromatic carbocycles. The number of thioether (sulfide) groups is 1. The molecule has 0 saturated heterocycles. The zero-order chi connectivity index (χ0) is 19.9. The fourth-order valence-corrected chi connectivity index (χ4v) is 5.16. The van der Waals surface area contributed by atoms with Crippen molar-refractivity contribution >= 4 is 27.5 Å². The minimum absolute atomic E-state index is 0.162. The molecule has 0 bridgehead atoms. The number of aryl methyl sites for hydroxylation is 1. The minimum atomic E-state index is -4.78. The van der Waals surface area contributed by atoms with Crippen molar-refractivity contribution in [3.8, 4) is 11.3 Å². The molecule has 2 heterocycles. The van der Waals surface area contributed by atoms with Gasteiger partial charge >= 0.3 is 6.18 Å². The van der Waals surface area contributed by atoms with Crippen LogP contribution in [-0.2, 0) is 22.7 Å². The van der Waals surface area contributed by atoms with Crippen molar-refractivity contribution in [2.24, 2.45) is 0 Å². The van der Waals surface area contributed by atoms with Crippen molar-refractivity contribution in [1.29, 1.82) is 0 Å². The smallest absolute Gasteiger partial charge is 0.325 e. The molecule has 28 heavy (non-hydrogen) atoms. The lowest BCUT2D eigenvalue weighted by atomic mass is 10.1. The summed E-state index contributed by atoms with van der Waals surface area (Å²) in [6.45, 7) is 0.855. The molecule has 0 radical (unpaired) electrons. The number of imidazole rings is 1. The van der Waals surface area contributed by atoms with E-state index in [1.165, 1.54) is 12.1 Å². The Hall–Kier alpha value is -2.46. The summed E-state index contributed by atoms with van der Waals surface area (Å²) in [5.41, 5.74) is 0.308. The summed E-state index contributed by atoms with van der Waals surface area (Å²) in [6.07, 6.45) is -2.90. The van der Waals surface area contributed by atoms with Gasteiger partial charge in [-0.1, -0.05) is 36.0 Å². The van der Waals surface area contributed by atoms with Gasteiger partial charge in [0, 0.05) is 29.7 Å². The lowest BCUT2D eigenvalue weighted by Crippen LogP contribution is -2.18. The lowest BCUT2D eigenvalue weighted by Gasteiger charge is -2.14. The van der Waals surface area contributed by atoms with Crippen LogP contribution in [0, 0.1) is 0 Å². The molecular weight excluding hydrogens is 411 g/mol. The Bertz CT molecular complexity index is 1120. The Morgan fingerprint density at radius 3 is 2.64 bits per heavy atom. The number of anilines is 1. The Labute approximate surface area is 163 Å². The molecule has 10 heteroatoms. The normalized spacial score (nSPS) is 14.1. The molecule has 0 atom stereocenters. The van der Waals surface area contributed by atoms with Crippen LogP contribution in [0.5, 0.6) is 0 Å². The van der Waals surface area contributed by atoms with Crippen molar-refractivity contribution in [3.05, 3.63) is 60.3 Å². The summed E-state index contributed by atoms with van der Waals surface area (Å²) in [6, 6.07) is 10.5. The molecule has 3 aromatic rings. The molecule has 1 aromatic heterocycles. The number of rotatable bonds is 4. The van der Waals surface area contributed by atoms with Crippen molar-refractivity contribution in [1.82, 2.24) is 9.55 Å². The molecule has 0 saturated carbocycles. The molecule has 5 nitrogen and oxygen atoms in total. The van der Waals surface area contributed by atoms with E-state index < -0.39 is 26.7 Å². The molecule has 0 spiro atoms. The van der Waals surface area contributed by atoms with Crippen LogP contribution in [0.4, 0.5) is 18.9 Å². The standard InChI is InChI=1S/C18H14F3N3O2S2/c19-18(20,21)14-6-1-2-7-16(14)28(25,26)23-13-5-3-4-12(10-13)15-11-24-8-9-27-17(24)22-15/h1-7,10-11,23H,8-9H2. The van der Waals surface area contributed by atoms with Gasteiger partial charge in [-0.05, 0) is 24.3 Å². The van der Waals surface area contributed by atoms with E-state index in [1.54, 1.807) is 30.0 Å². The van der Waals surface area contributed by atoms with Crippen LogP contribution in [-0.4, -0.2) is 23.7 Å². The Balaban J connectivity index is 1.66. The molecule has 0 amide bonds. The molecule has 1 N–H and O–H groups in total. The number of fused-ring (bicyclic) bond motifs is 1. The van der Waals surface area contributed by atoms with Crippen molar-refractivity contribution in [3.63, 3.8) is 0 Å². The molecule has 0 fully saturated rings. The zero-order valence-corrected chi connectivity index (χ0v) is 15.9. The van der Waals surface area contributed by atoms with Crippen LogP contribution in [0.25, 0.3) is 11.3 Å². The van der Waals surface area contributed by atoms with Crippen LogP contribution in [0.3, 0.4) is 0 Å². The second kappa shape index (κ2) is 6.85. The highest BCUT2D eigenvalue weighted by Gasteiger charge is 2.36. The maximum absolute atomic E-state index is 13.2. The summed E-state index contributed by atoms with van der Waals surface area (Å²) in [5, 5.41) is 0.889. The summed E-state index contributed by atoms with van der Waals surface area (Å²) >= 11 is 1.63. The largest absolute Gasteiger partial charge is 0.417 e. The van der Waals surface area contributed by atoms with Crippen LogP contribution in [0.15, 0.2) is 64.8 Å². The van der Waals surface area contributed by atoms with Gasteiger partial charge in [0.15, 0.2) is 5.16 Å². The highest BCUT2D eigenvalue weighted by Crippen LogP contribution is 2.35. The van der Waals surface area contributed by atoms with Crippen molar-refractivity contribution in [2.45, 2.75) is 22.8 Å². The van der Waals surface area contributed by atoms with E-state index in [1.807, 2.05) is 10.8 Å². The average Bonchev–Trinajstić information content (AvgIpc) is 3.23. The summed E-state index contributed by atoms with van der Waals surface area (Å²) in [5.74, 6) is 0.959. The molecule has 146 valence electrons. The second-order valence-electron chi connectivity index (χ2n) is 6.13.